The van der Waals surface area contributed by atoms with E-state index in [1.807, 2.05) is 12.1 Å². The Kier molecular flexibility index (Phi) is 3.18. The topological polar surface area (TPSA) is 58.6 Å². The van der Waals surface area contributed by atoms with Gasteiger partial charge in [0, 0.05) is 6.42 Å². The van der Waals surface area contributed by atoms with Crippen molar-refractivity contribution in [2.75, 3.05) is 12.4 Å². The number of rotatable bonds is 2. The molecule has 5 heteroatoms. The molecule has 1 fully saturated rings. The van der Waals surface area contributed by atoms with E-state index >= 15 is 0 Å². The molecule has 0 aliphatic carbocycles. The summed E-state index contributed by atoms with van der Waals surface area (Å²) in [6, 6.07) is 5.72. The zero-order valence-corrected chi connectivity index (χ0v) is 10.7. The molecule has 4 nitrogen and oxygen atoms in total. The lowest BCUT2D eigenvalue weighted by Crippen LogP contribution is -2.41. The Bertz CT molecular complexity index is 477. The predicted octanol–water partition coefficient (Wildman–Crippen LogP) is 1.80. The van der Waals surface area contributed by atoms with Gasteiger partial charge < -0.3 is 9.84 Å². The second kappa shape index (κ2) is 4.82. The molecule has 2 aliphatic heterocycles. The third-order valence-electron chi connectivity index (χ3n) is 3.36. The van der Waals surface area contributed by atoms with Crippen molar-refractivity contribution in [1.82, 2.24) is 5.32 Å². The van der Waals surface area contributed by atoms with E-state index in [2.05, 4.69) is 11.4 Å². The number of fused-ring (bicyclic) bond motifs is 1. The largest absolute Gasteiger partial charge is 0.493 e. The summed E-state index contributed by atoms with van der Waals surface area (Å²) in [4.78, 5) is 11.0. The number of hydrogen-bond donors (Lipinski definition) is 2. The van der Waals surface area contributed by atoms with Gasteiger partial charge in [0.15, 0.2) is 0 Å². The average molecular weight is 265 g/mol. The van der Waals surface area contributed by atoms with Crippen LogP contribution < -0.4 is 10.1 Å². The van der Waals surface area contributed by atoms with Crippen LogP contribution in [0, 0.1) is 0 Å². The van der Waals surface area contributed by atoms with Gasteiger partial charge in [-0.05, 0) is 35.4 Å². The Balaban J connectivity index is 1.80. The standard InChI is InChI=1S/C13H15NO3S/c15-13(16)10-4-6-18-12(14-10)9-1-2-11-8(7-9)3-5-17-11/h1-2,7,10,12,14H,3-6H2,(H,15,16). The fraction of sp³-hybridized carbons (Fsp3) is 0.462. The number of aliphatic carboxylic acids is 1. The van der Waals surface area contributed by atoms with Crippen molar-refractivity contribution >= 4 is 17.7 Å². The molecular weight excluding hydrogens is 250 g/mol. The van der Waals surface area contributed by atoms with Crippen molar-refractivity contribution < 1.29 is 14.6 Å². The Labute approximate surface area is 110 Å². The van der Waals surface area contributed by atoms with Crippen LogP contribution in [0.25, 0.3) is 0 Å². The quantitative estimate of drug-likeness (QED) is 0.854. The van der Waals surface area contributed by atoms with Gasteiger partial charge >= 0.3 is 5.97 Å². The van der Waals surface area contributed by atoms with Crippen LogP contribution in [-0.2, 0) is 11.2 Å². The van der Waals surface area contributed by atoms with E-state index in [0.29, 0.717) is 6.42 Å². The summed E-state index contributed by atoms with van der Waals surface area (Å²) in [5, 5.41) is 12.3. The molecule has 1 aromatic carbocycles. The molecule has 3 rings (SSSR count). The fourth-order valence-electron chi connectivity index (χ4n) is 2.37. The van der Waals surface area contributed by atoms with Gasteiger partial charge in [0.1, 0.15) is 11.8 Å². The van der Waals surface area contributed by atoms with Crippen LogP contribution in [0.3, 0.4) is 0 Å². The smallest absolute Gasteiger partial charge is 0.320 e. The molecule has 0 bridgehead atoms. The number of carboxylic acid groups (broad SMARTS) is 1. The van der Waals surface area contributed by atoms with Crippen molar-refractivity contribution in [2.45, 2.75) is 24.3 Å². The van der Waals surface area contributed by atoms with E-state index in [1.54, 1.807) is 11.8 Å². The second-order valence-corrected chi connectivity index (χ2v) is 5.78. The van der Waals surface area contributed by atoms with Crippen molar-refractivity contribution in [2.24, 2.45) is 0 Å². The van der Waals surface area contributed by atoms with E-state index in [9.17, 15) is 4.79 Å². The molecule has 0 saturated carbocycles. The maximum Gasteiger partial charge on any atom is 0.320 e. The van der Waals surface area contributed by atoms with E-state index in [1.165, 1.54) is 5.56 Å². The van der Waals surface area contributed by atoms with Crippen LogP contribution in [0.4, 0.5) is 0 Å². The molecule has 0 radical (unpaired) electrons. The Morgan fingerprint density at radius 2 is 2.39 bits per heavy atom. The number of carboxylic acids is 1. The van der Waals surface area contributed by atoms with Crippen molar-refractivity contribution in [1.29, 1.82) is 0 Å². The maximum atomic E-state index is 11.0. The first-order chi connectivity index (χ1) is 8.74. The SMILES string of the molecule is O=C(O)C1CCSC(c2ccc3c(c2)CCO3)N1. The van der Waals surface area contributed by atoms with Crippen molar-refractivity contribution in [3.05, 3.63) is 29.3 Å². The number of hydrogen-bond acceptors (Lipinski definition) is 4. The highest BCUT2D eigenvalue weighted by molar-refractivity contribution is 7.99. The van der Waals surface area contributed by atoms with E-state index in [-0.39, 0.29) is 5.37 Å². The molecule has 2 aliphatic rings. The summed E-state index contributed by atoms with van der Waals surface area (Å²) in [6.07, 6.45) is 1.63. The molecule has 18 heavy (non-hydrogen) atoms. The monoisotopic (exact) mass is 265 g/mol. The van der Waals surface area contributed by atoms with Gasteiger partial charge in [-0.2, -0.15) is 0 Å². The molecular formula is C13H15NO3S. The van der Waals surface area contributed by atoms with E-state index in [0.717, 1.165) is 30.1 Å². The fourth-order valence-corrected chi connectivity index (χ4v) is 3.58. The van der Waals surface area contributed by atoms with Crippen molar-refractivity contribution in [3.63, 3.8) is 0 Å². The predicted molar refractivity (Wildman–Crippen MR) is 70.0 cm³/mol. The highest BCUT2D eigenvalue weighted by Gasteiger charge is 2.28. The molecule has 1 aromatic rings. The van der Waals surface area contributed by atoms with Crippen LogP contribution in [0.5, 0.6) is 5.75 Å². The average Bonchev–Trinajstić information content (AvgIpc) is 2.86. The highest BCUT2D eigenvalue weighted by atomic mass is 32.2. The molecule has 0 spiro atoms. The number of nitrogens with one attached hydrogen (secondary N) is 1. The van der Waals surface area contributed by atoms with E-state index in [4.69, 9.17) is 9.84 Å². The zero-order chi connectivity index (χ0) is 12.5. The summed E-state index contributed by atoms with van der Waals surface area (Å²) >= 11 is 1.77. The van der Waals surface area contributed by atoms with Crippen LogP contribution in [0.1, 0.15) is 22.9 Å². The molecule has 2 atom stereocenters. The Morgan fingerprint density at radius 1 is 1.50 bits per heavy atom. The molecule has 96 valence electrons. The maximum absolute atomic E-state index is 11.0. The second-order valence-electron chi connectivity index (χ2n) is 4.56. The van der Waals surface area contributed by atoms with Gasteiger partial charge in [-0.15, -0.1) is 11.8 Å². The molecule has 2 N–H and O–H groups in total. The lowest BCUT2D eigenvalue weighted by Gasteiger charge is -2.28. The third kappa shape index (κ3) is 2.20. The van der Waals surface area contributed by atoms with Crippen LogP contribution in [0.2, 0.25) is 0 Å². The molecule has 0 amide bonds. The van der Waals surface area contributed by atoms with Crippen LogP contribution in [0.15, 0.2) is 18.2 Å². The van der Waals surface area contributed by atoms with Gasteiger partial charge in [0.2, 0.25) is 0 Å². The summed E-state index contributed by atoms with van der Waals surface area (Å²) in [6.45, 7) is 0.752. The van der Waals surface area contributed by atoms with Gasteiger partial charge in [-0.25, -0.2) is 0 Å². The summed E-state index contributed by atoms with van der Waals surface area (Å²) < 4.78 is 5.48. The molecule has 1 saturated heterocycles. The highest BCUT2D eigenvalue weighted by Crippen LogP contribution is 2.35. The zero-order valence-electron chi connectivity index (χ0n) is 9.89. The van der Waals surface area contributed by atoms with Crippen molar-refractivity contribution in [3.8, 4) is 5.75 Å². The Morgan fingerprint density at radius 3 is 3.22 bits per heavy atom. The lowest BCUT2D eigenvalue weighted by molar-refractivity contribution is -0.139. The molecule has 2 heterocycles. The van der Waals surface area contributed by atoms with Gasteiger partial charge in [0.25, 0.3) is 0 Å². The molecule has 2 unspecified atom stereocenters. The van der Waals surface area contributed by atoms with Gasteiger partial charge in [-0.1, -0.05) is 6.07 Å². The summed E-state index contributed by atoms with van der Waals surface area (Å²) in [5.74, 6) is 1.08. The number of carbonyl (C=O) groups is 1. The first-order valence-corrected chi connectivity index (χ1v) is 7.15. The number of thioether (sulfide) groups is 1. The van der Waals surface area contributed by atoms with E-state index < -0.39 is 12.0 Å². The van der Waals surface area contributed by atoms with Crippen LogP contribution in [-0.4, -0.2) is 29.5 Å². The molecule has 0 aromatic heterocycles. The number of ether oxygens (including phenoxy) is 1. The van der Waals surface area contributed by atoms with Crippen LogP contribution >= 0.6 is 11.8 Å². The van der Waals surface area contributed by atoms with Gasteiger partial charge in [0.05, 0.1) is 12.0 Å². The minimum absolute atomic E-state index is 0.0748. The minimum Gasteiger partial charge on any atom is -0.493 e. The van der Waals surface area contributed by atoms with Gasteiger partial charge in [-0.3, -0.25) is 10.1 Å². The normalized spacial score (nSPS) is 26.4. The first-order valence-electron chi connectivity index (χ1n) is 6.10. The first kappa shape index (κ1) is 11.9. The number of benzene rings is 1. The Hall–Kier alpha value is -1.20. The lowest BCUT2D eigenvalue weighted by atomic mass is 10.1. The third-order valence-corrected chi connectivity index (χ3v) is 4.57. The summed E-state index contributed by atoms with van der Waals surface area (Å²) in [5.41, 5.74) is 2.38. The minimum atomic E-state index is -0.759. The summed E-state index contributed by atoms with van der Waals surface area (Å²) in [7, 11) is 0.